The lowest BCUT2D eigenvalue weighted by Gasteiger charge is -2.07. The fourth-order valence-corrected chi connectivity index (χ4v) is 2.33. The van der Waals surface area contributed by atoms with Crippen LogP contribution in [0.5, 0.6) is 5.75 Å². The van der Waals surface area contributed by atoms with Crippen LogP contribution in [0, 0.1) is 12.7 Å². The van der Waals surface area contributed by atoms with Crippen molar-refractivity contribution in [3.8, 4) is 5.75 Å². The molecule has 0 bridgehead atoms. The van der Waals surface area contributed by atoms with Crippen molar-refractivity contribution in [3.63, 3.8) is 0 Å². The van der Waals surface area contributed by atoms with Crippen molar-refractivity contribution >= 4 is 21.7 Å². The molecular formula is C15H12BrFO2. The molecule has 0 amide bonds. The van der Waals surface area contributed by atoms with Crippen LogP contribution in [0.4, 0.5) is 4.39 Å². The predicted molar refractivity (Wildman–Crippen MR) is 75.3 cm³/mol. The number of ether oxygens (including phenoxy) is 1. The quantitative estimate of drug-likeness (QED) is 0.794. The van der Waals surface area contributed by atoms with Crippen LogP contribution in [0.1, 0.15) is 21.5 Å². The number of carbonyl (C=O) groups excluding carboxylic acids is 1. The second-order valence-electron chi connectivity index (χ2n) is 4.11. The summed E-state index contributed by atoms with van der Waals surface area (Å²) < 4.78 is 19.7. The molecule has 0 atom stereocenters. The average Bonchev–Trinajstić information content (AvgIpc) is 2.41. The van der Waals surface area contributed by atoms with Gasteiger partial charge in [-0.25, -0.2) is 4.39 Å². The Kier molecular flexibility index (Phi) is 4.00. The summed E-state index contributed by atoms with van der Waals surface area (Å²) in [5, 5.41) is 0. The molecule has 2 rings (SSSR count). The number of benzene rings is 2. The number of hydrogen-bond donors (Lipinski definition) is 0. The Balaban J connectivity index is 2.44. The number of carbonyl (C=O) groups is 1. The third-order valence-electron chi connectivity index (χ3n) is 2.85. The Morgan fingerprint density at radius 1 is 1.26 bits per heavy atom. The molecule has 0 saturated carbocycles. The van der Waals surface area contributed by atoms with Gasteiger partial charge in [-0.2, -0.15) is 0 Å². The van der Waals surface area contributed by atoms with Gasteiger partial charge in [0, 0.05) is 5.56 Å². The van der Waals surface area contributed by atoms with Crippen LogP contribution in [0.15, 0.2) is 40.9 Å². The minimum absolute atomic E-state index is 0.0806. The Morgan fingerprint density at radius 3 is 2.63 bits per heavy atom. The highest BCUT2D eigenvalue weighted by molar-refractivity contribution is 9.10. The van der Waals surface area contributed by atoms with Crippen LogP contribution >= 0.6 is 15.9 Å². The zero-order valence-corrected chi connectivity index (χ0v) is 12.1. The van der Waals surface area contributed by atoms with Gasteiger partial charge < -0.3 is 4.74 Å². The van der Waals surface area contributed by atoms with Gasteiger partial charge in [0.15, 0.2) is 5.78 Å². The summed E-state index contributed by atoms with van der Waals surface area (Å²) in [5.74, 6) is -0.190. The second kappa shape index (κ2) is 5.53. The molecule has 0 radical (unpaired) electrons. The van der Waals surface area contributed by atoms with Gasteiger partial charge in [0.2, 0.25) is 0 Å². The van der Waals surface area contributed by atoms with E-state index in [-0.39, 0.29) is 11.3 Å². The van der Waals surface area contributed by atoms with Crippen molar-refractivity contribution in [2.45, 2.75) is 6.92 Å². The van der Waals surface area contributed by atoms with Crippen molar-refractivity contribution in [3.05, 3.63) is 63.4 Å². The van der Waals surface area contributed by atoms with E-state index in [0.717, 1.165) is 0 Å². The monoisotopic (exact) mass is 322 g/mol. The average molecular weight is 323 g/mol. The van der Waals surface area contributed by atoms with E-state index in [1.807, 2.05) is 0 Å². The molecule has 2 nitrogen and oxygen atoms in total. The number of rotatable bonds is 3. The maximum Gasteiger partial charge on any atom is 0.196 e. The molecule has 0 aliphatic rings. The van der Waals surface area contributed by atoms with E-state index in [4.69, 9.17) is 4.74 Å². The standard InChI is InChI=1S/C15H12BrFO2/c1-9-4-3-5-11(14(9)17)15(18)10-6-7-13(19-2)12(16)8-10/h3-8H,1-2H3. The Hall–Kier alpha value is -1.68. The molecule has 0 heterocycles. The molecule has 98 valence electrons. The third-order valence-corrected chi connectivity index (χ3v) is 3.47. The summed E-state index contributed by atoms with van der Waals surface area (Å²) in [6.07, 6.45) is 0. The van der Waals surface area contributed by atoms with Crippen molar-refractivity contribution in [1.82, 2.24) is 0 Å². The van der Waals surface area contributed by atoms with Gasteiger partial charge in [0.1, 0.15) is 11.6 Å². The van der Waals surface area contributed by atoms with Gasteiger partial charge >= 0.3 is 0 Å². The van der Waals surface area contributed by atoms with Crippen molar-refractivity contribution in [1.29, 1.82) is 0 Å². The zero-order valence-electron chi connectivity index (χ0n) is 10.5. The Bertz CT molecular complexity index is 638. The van der Waals surface area contributed by atoms with Crippen LogP contribution in [-0.4, -0.2) is 12.9 Å². The smallest absolute Gasteiger partial charge is 0.196 e. The van der Waals surface area contributed by atoms with E-state index < -0.39 is 5.82 Å². The maximum absolute atomic E-state index is 13.9. The first kappa shape index (κ1) is 13.7. The first-order chi connectivity index (χ1) is 9.04. The maximum atomic E-state index is 13.9. The highest BCUT2D eigenvalue weighted by Crippen LogP contribution is 2.27. The highest BCUT2D eigenvalue weighted by atomic mass is 79.9. The first-order valence-electron chi connectivity index (χ1n) is 5.68. The molecule has 19 heavy (non-hydrogen) atoms. The largest absolute Gasteiger partial charge is 0.496 e. The number of methoxy groups -OCH3 is 1. The Labute approximate surface area is 119 Å². The van der Waals surface area contributed by atoms with E-state index in [0.29, 0.717) is 21.3 Å². The highest BCUT2D eigenvalue weighted by Gasteiger charge is 2.16. The second-order valence-corrected chi connectivity index (χ2v) is 4.97. The van der Waals surface area contributed by atoms with Gasteiger partial charge in [0.05, 0.1) is 17.1 Å². The van der Waals surface area contributed by atoms with Gasteiger partial charge in [-0.15, -0.1) is 0 Å². The summed E-state index contributed by atoms with van der Waals surface area (Å²) in [6, 6.07) is 9.71. The number of ketones is 1. The minimum atomic E-state index is -0.473. The summed E-state index contributed by atoms with van der Waals surface area (Å²) in [5.41, 5.74) is 0.952. The number of halogens is 2. The zero-order chi connectivity index (χ0) is 14.0. The number of hydrogen-bond acceptors (Lipinski definition) is 2. The summed E-state index contributed by atoms with van der Waals surface area (Å²) in [4.78, 5) is 12.3. The molecule has 0 spiro atoms. The van der Waals surface area contributed by atoms with Gasteiger partial charge in [0.25, 0.3) is 0 Å². The van der Waals surface area contributed by atoms with Gasteiger partial charge in [-0.3, -0.25) is 4.79 Å². The lowest BCUT2D eigenvalue weighted by molar-refractivity contribution is 0.103. The minimum Gasteiger partial charge on any atom is -0.496 e. The summed E-state index contributed by atoms with van der Waals surface area (Å²) in [6.45, 7) is 1.63. The van der Waals surface area contributed by atoms with E-state index in [9.17, 15) is 9.18 Å². The third kappa shape index (κ3) is 2.68. The first-order valence-corrected chi connectivity index (χ1v) is 6.47. The summed E-state index contributed by atoms with van der Waals surface area (Å²) >= 11 is 3.31. The molecule has 2 aromatic rings. The van der Waals surface area contributed by atoms with Crippen LogP contribution in [0.3, 0.4) is 0 Å². The molecule has 0 aromatic heterocycles. The van der Waals surface area contributed by atoms with Gasteiger partial charge in [-0.1, -0.05) is 12.1 Å². The van der Waals surface area contributed by atoms with Crippen LogP contribution in [-0.2, 0) is 0 Å². The molecule has 0 aliphatic heterocycles. The molecule has 0 saturated heterocycles. The van der Waals surface area contributed by atoms with Crippen molar-refractivity contribution < 1.29 is 13.9 Å². The summed E-state index contributed by atoms with van der Waals surface area (Å²) in [7, 11) is 1.54. The molecule has 0 aliphatic carbocycles. The fraction of sp³-hybridized carbons (Fsp3) is 0.133. The van der Waals surface area contributed by atoms with Crippen molar-refractivity contribution in [2.75, 3.05) is 7.11 Å². The fourth-order valence-electron chi connectivity index (χ4n) is 1.79. The van der Waals surface area contributed by atoms with Crippen LogP contribution in [0.2, 0.25) is 0 Å². The van der Waals surface area contributed by atoms with E-state index in [2.05, 4.69) is 15.9 Å². The molecule has 0 unspecified atom stereocenters. The molecule has 4 heteroatoms. The normalized spacial score (nSPS) is 10.3. The van der Waals surface area contributed by atoms with E-state index >= 15 is 0 Å². The Morgan fingerprint density at radius 2 is 2.00 bits per heavy atom. The van der Waals surface area contributed by atoms with Gasteiger partial charge in [-0.05, 0) is 52.7 Å². The predicted octanol–water partition coefficient (Wildman–Crippen LogP) is 4.14. The van der Waals surface area contributed by atoms with E-state index in [1.165, 1.54) is 6.07 Å². The molecule has 0 N–H and O–H groups in total. The lowest BCUT2D eigenvalue weighted by atomic mass is 10.0. The van der Waals surface area contributed by atoms with Crippen molar-refractivity contribution in [2.24, 2.45) is 0 Å². The lowest BCUT2D eigenvalue weighted by Crippen LogP contribution is -2.05. The van der Waals surface area contributed by atoms with E-state index in [1.54, 1.807) is 44.4 Å². The van der Waals surface area contributed by atoms with Crippen LogP contribution in [0.25, 0.3) is 0 Å². The topological polar surface area (TPSA) is 26.3 Å². The molecule has 2 aromatic carbocycles. The number of aryl methyl sites for hydroxylation is 1. The molecule has 0 fully saturated rings. The molecular weight excluding hydrogens is 311 g/mol. The van der Waals surface area contributed by atoms with Crippen LogP contribution < -0.4 is 4.74 Å². The SMILES string of the molecule is COc1ccc(C(=O)c2cccc(C)c2F)cc1Br.